The van der Waals surface area contributed by atoms with Crippen LogP contribution < -0.4 is 4.74 Å². The summed E-state index contributed by atoms with van der Waals surface area (Å²) in [5.74, 6) is 0.685. The molecule has 3 aromatic rings. The highest BCUT2D eigenvalue weighted by Gasteiger charge is 2.32. The van der Waals surface area contributed by atoms with E-state index in [1.54, 1.807) is 13.2 Å². The summed E-state index contributed by atoms with van der Waals surface area (Å²) in [6.45, 7) is 0.667. The molecule has 0 bridgehead atoms. The fraction of sp³-hybridized carbons (Fsp3) is 0.174. The lowest BCUT2D eigenvalue weighted by molar-refractivity contribution is 0.0694. The van der Waals surface area contributed by atoms with Crippen molar-refractivity contribution in [2.24, 2.45) is 0 Å². The van der Waals surface area contributed by atoms with Crippen LogP contribution in [0.1, 0.15) is 33.1 Å². The number of carbonyl (C=O) groups excluding carboxylic acids is 1. The minimum atomic E-state index is -0.133. The first-order chi connectivity index (χ1) is 13.2. The molecule has 4 heteroatoms. The van der Waals surface area contributed by atoms with E-state index >= 15 is 0 Å². The number of amides is 1. The first-order valence-electron chi connectivity index (χ1n) is 8.95. The first-order valence-corrected chi connectivity index (χ1v) is 9.33. The lowest BCUT2D eigenvalue weighted by atomic mass is 9.87. The molecule has 0 N–H and O–H groups in total. The van der Waals surface area contributed by atoms with Gasteiger partial charge in [0, 0.05) is 17.1 Å². The van der Waals surface area contributed by atoms with E-state index in [-0.39, 0.29) is 11.9 Å². The summed E-state index contributed by atoms with van der Waals surface area (Å²) in [6.07, 6.45) is 0.843. The van der Waals surface area contributed by atoms with Crippen molar-refractivity contribution in [3.05, 3.63) is 100 Å². The summed E-state index contributed by atoms with van der Waals surface area (Å²) in [6, 6.07) is 23.3. The van der Waals surface area contributed by atoms with E-state index in [1.165, 1.54) is 11.1 Å². The topological polar surface area (TPSA) is 29.5 Å². The number of nitrogens with zero attached hydrogens (tertiary/aromatic N) is 1. The summed E-state index contributed by atoms with van der Waals surface area (Å²) in [4.78, 5) is 15.3. The highest BCUT2D eigenvalue weighted by atomic mass is 35.5. The van der Waals surface area contributed by atoms with Crippen molar-refractivity contribution < 1.29 is 9.53 Å². The van der Waals surface area contributed by atoms with Gasteiger partial charge in [0.25, 0.3) is 5.91 Å². The Labute approximate surface area is 164 Å². The first kappa shape index (κ1) is 17.6. The van der Waals surface area contributed by atoms with Gasteiger partial charge >= 0.3 is 0 Å². The molecule has 0 saturated heterocycles. The predicted molar refractivity (Wildman–Crippen MR) is 107 cm³/mol. The molecule has 3 nitrogen and oxygen atoms in total. The molecule has 0 fully saturated rings. The second-order valence-electron chi connectivity index (χ2n) is 6.63. The molecule has 0 saturated carbocycles. The summed E-state index contributed by atoms with van der Waals surface area (Å²) in [5.41, 5.74) is 4.14. The maximum absolute atomic E-state index is 13.4. The van der Waals surface area contributed by atoms with Crippen molar-refractivity contribution in [1.29, 1.82) is 0 Å². The summed E-state index contributed by atoms with van der Waals surface area (Å²) >= 11 is 6.08. The predicted octanol–water partition coefficient (Wildman–Crippen LogP) is 5.14. The van der Waals surface area contributed by atoms with Gasteiger partial charge in [-0.25, -0.2) is 0 Å². The molecule has 0 aromatic heterocycles. The third-order valence-corrected chi connectivity index (χ3v) is 5.30. The average molecular weight is 378 g/mol. The Morgan fingerprint density at radius 3 is 2.59 bits per heavy atom. The average Bonchev–Trinajstić information content (AvgIpc) is 2.73. The standard InChI is InChI=1S/C23H20ClNO2/c1-27-20-7-4-6-18(15-20)23(26)25-14-13-16-5-2-3-8-21(16)22(25)17-9-11-19(24)12-10-17/h2-12,15,22H,13-14H2,1H3. The molecule has 0 spiro atoms. The molecule has 0 radical (unpaired) electrons. The van der Waals surface area contributed by atoms with Crippen molar-refractivity contribution in [1.82, 2.24) is 4.90 Å². The van der Waals surface area contributed by atoms with E-state index in [1.807, 2.05) is 53.4 Å². The quantitative estimate of drug-likeness (QED) is 0.632. The molecule has 1 atom stereocenters. The molecule has 0 aliphatic carbocycles. The van der Waals surface area contributed by atoms with Crippen molar-refractivity contribution in [2.45, 2.75) is 12.5 Å². The van der Waals surface area contributed by atoms with Crippen molar-refractivity contribution in [3.63, 3.8) is 0 Å². The van der Waals surface area contributed by atoms with Crippen LogP contribution in [0.4, 0.5) is 0 Å². The fourth-order valence-electron chi connectivity index (χ4n) is 3.71. The molecule has 136 valence electrons. The van der Waals surface area contributed by atoms with E-state index in [2.05, 4.69) is 18.2 Å². The second-order valence-corrected chi connectivity index (χ2v) is 7.07. The molecule has 1 aliphatic heterocycles. The van der Waals surface area contributed by atoms with Gasteiger partial charge < -0.3 is 9.64 Å². The highest BCUT2D eigenvalue weighted by Crippen LogP contribution is 2.36. The number of halogens is 1. The van der Waals surface area contributed by atoms with E-state index < -0.39 is 0 Å². The molecule has 1 amide bonds. The Morgan fingerprint density at radius 1 is 1.04 bits per heavy atom. The van der Waals surface area contributed by atoms with Crippen molar-refractivity contribution in [3.8, 4) is 5.75 Å². The number of ether oxygens (including phenoxy) is 1. The number of hydrogen-bond acceptors (Lipinski definition) is 2. The van der Waals surface area contributed by atoms with E-state index in [9.17, 15) is 4.79 Å². The Balaban J connectivity index is 1.78. The maximum Gasteiger partial charge on any atom is 0.254 e. The van der Waals surface area contributed by atoms with Gasteiger partial charge in [-0.2, -0.15) is 0 Å². The van der Waals surface area contributed by atoms with Crippen LogP contribution in [0, 0.1) is 0 Å². The van der Waals surface area contributed by atoms with E-state index in [4.69, 9.17) is 16.3 Å². The normalized spacial score (nSPS) is 15.9. The van der Waals surface area contributed by atoms with Gasteiger partial charge in [-0.3, -0.25) is 4.79 Å². The Morgan fingerprint density at radius 2 is 1.81 bits per heavy atom. The Bertz CT molecular complexity index is 968. The van der Waals surface area contributed by atoms with Gasteiger partial charge in [0.1, 0.15) is 5.75 Å². The maximum atomic E-state index is 13.4. The van der Waals surface area contributed by atoms with Gasteiger partial charge in [-0.1, -0.05) is 54.1 Å². The fourth-order valence-corrected chi connectivity index (χ4v) is 3.84. The van der Waals surface area contributed by atoms with Gasteiger partial charge in [0.2, 0.25) is 0 Å². The van der Waals surface area contributed by atoms with Crippen LogP contribution in [0.25, 0.3) is 0 Å². The smallest absolute Gasteiger partial charge is 0.254 e. The minimum absolute atomic E-state index is 0.00310. The van der Waals surface area contributed by atoms with Gasteiger partial charge in [-0.15, -0.1) is 0 Å². The van der Waals surface area contributed by atoms with E-state index in [0.29, 0.717) is 22.9 Å². The minimum Gasteiger partial charge on any atom is -0.497 e. The SMILES string of the molecule is COc1cccc(C(=O)N2CCc3ccccc3C2c2ccc(Cl)cc2)c1. The monoisotopic (exact) mass is 377 g/mol. The lowest BCUT2D eigenvalue weighted by Gasteiger charge is -2.38. The van der Waals surface area contributed by atoms with Gasteiger partial charge in [-0.05, 0) is 53.4 Å². The van der Waals surface area contributed by atoms with E-state index in [0.717, 1.165) is 12.0 Å². The van der Waals surface area contributed by atoms with Crippen LogP contribution in [0.5, 0.6) is 5.75 Å². The van der Waals surface area contributed by atoms with Crippen molar-refractivity contribution >= 4 is 17.5 Å². The Hall–Kier alpha value is -2.78. The number of hydrogen-bond donors (Lipinski definition) is 0. The zero-order chi connectivity index (χ0) is 18.8. The molecule has 3 aromatic carbocycles. The number of fused-ring (bicyclic) bond motifs is 1. The number of benzene rings is 3. The summed E-state index contributed by atoms with van der Waals surface area (Å²) in [5, 5.41) is 0.688. The molecular weight excluding hydrogens is 358 g/mol. The molecule has 1 aliphatic rings. The number of carbonyl (C=O) groups is 1. The lowest BCUT2D eigenvalue weighted by Crippen LogP contribution is -2.40. The zero-order valence-corrected chi connectivity index (χ0v) is 15.8. The molecule has 1 heterocycles. The zero-order valence-electron chi connectivity index (χ0n) is 15.1. The van der Waals surface area contributed by atoms with Crippen LogP contribution in [0.3, 0.4) is 0 Å². The summed E-state index contributed by atoms with van der Waals surface area (Å²) in [7, 11) is 1.61. The van der Waals surface area contributed by atoms with Crippen molar-refractivity contribution in [2.75, 3.05) is 13.7 Å². The molecule has 27 heavy (non-hydrogen) atoms. The molecule has 1 unspecified atom stereocenters. The third-order valence-electron chi connectivity index (χ3n) is 5.05. The van der Waals surface area contributed by atoms with Crippen LogP contribution in [-0.2, 0) is 6.42 Å². The highest BCUT2D eigenvalue weighted by molar-refractivity contribution is 6.30. The third kappa shape index (κ3) is 3.43. The van der Waals surface area contributed by atoms with Crippen LogP contribution in [0.15, 0.2) is 72.8 Å². The van der Waals surface area contributed by atoms with Crippen LogP contribution in [-0.4, -0.2) is 24.5 Å². The van der Waals surface area contributed by atoms with Crippen LogP contribution in [0.2, 0.25) is 5.02 Å². The number of methoxy groups -OCH3 is 1. The van der Waals surface area contributed by atoms with Gasteiger partial charge in [0.05, 0.1) is 13.2 Å². The molecular formula is C23H20ClNO2. The second kappa shape index (κ2) is 7.45. The largest absolute Gasteiger partial charge is 0.497 e. The number of rotatable bonds is 3. The van der Waals surface area contributed by atoms with Gasteiger partial charge in [0.15, 0.2) is 0 Å². The molecule has 4 rings (SSSR count). The van der Waals surface area contributed by atoms with Crippen LogP contribution >= 0.6 is 11.6 Å². The summed E-state index contributed by atoms with van der Waals surface area (Å²) < 4.78 is 5.29. The Kier molecular flexibility index (Phi) is 4.87.